The molecule has 0 unspecified atom stereocenters. The summed E-state index contributed by atoms with van der Waals surface area (Å²) in [5, 5.41) is 22.4. The normalized spacial score (nSPS) is 10.6. The van der Waals surface area contributed by atoms with E-state index in [0.717, 1.165) is 4.34 Å². The summed E-state index contributed by atoms with van der Waals surface area (Å²) in [7, 11) is 1.72. The van der Waals surface area contributed by atoms with Gasteiger partial charge in [0.15, 0.2) is 4.34 Å². The van der Waals surface area contributed by atoms with Crippen LogP contribution in [0.3, 0.4) is 0 Å². The molecule has 2 aromatic rings. The Morgan fingerprint density at radius 1 is 1.44 bits per heavy atom. The summed E-state index contributed by atoms with van der Waals surface area (Å²) in [5.74, 6) is 0.0642. The molecule has 0 atom stereocenters. The molecule has 2 rings (SSSR count). The van der Waals surface area contributed by atoms with Crippen molar-refractivity contribution in [3.8, 4) is 0 Å². The minimum atomic E-state index is -0.160. The first-order chi connectivity index (χ1) is 8.69. The lowest BCUT2D eigenvalue weighted by atomic mass is 10.7. The summed E-state index contributed by atoms with van der Waals surface area (Å²) >= 11 is 4.09. The summed E-state index contributed by atoms with van der Waals surface area (Å²) in [6.07, 6.45) is 1.91. The molecule has 1 amide bonds. The molecule has 2 heterocycles. The molecule has 8 nitrogen and oxygen atoms in total. The summed E-state index contributed by atoms with van der Waals surface area (Å²) in [5.41, 5.74) is 0. The van der Waals surface area contributed by atoms with E-state index in [2.05, 4.69) is 31.0 Å². The van der Waals surface area contributed by atoms with Gasteiger partial charge in [-0.25, -0.2) is 4.68 Å². The quantitative estimate of drug-likeness (QED) is 0.630. The second-order valence-corrected chi connectivity index (χ2v) is 5.97. The third-order valence-corrected chi connectivity index (χ3v) is 4.57. The SMILES string of the molecule is CSc1nnc(NC(=O)CSc2nnnn2C)s1. The van der Waals surface area contributed by atoms with Crippen LogP contribution in [0.2, 0.25) is 0 Å². The van der Waals surface area contributed by atoms with Crippen molar-refractivity contribution >= 4 is 45.9 Å². The first-order valence-corrected chi connectivity index (χ1v) is 7.74. The van der Waals surface area contributed by atoms with Crippen LogP contribution in [0.4, 0.5) is 5.13 Å². The van der Waals surface area contributed by atoms with E-state index in [-0.39, 0.29) is 11.7 Å². The number of anilines is 1. The lowest BCUT2D eigenvalue weighted by molar-refractivity contribution is -0.113. The third kappa shape index (κ3) is 3.40. The minimum Gasteiger partial charge on any atom is -0.300 e. The molecule has 0 saturated heterocycles. The Morgan fingerprint density at radius 3 is 2.89 bits per heavy atom. The predicted molar refractivity (Wildman–Crippen MR) is 69.8 cm³/mol. The minimum absolute atomic E-state index is 0.160. The highest BCUT2D eigenvalue weighted by molar-refractivity contribution is 8.00. The topological polar surface area (TPSA) is 98.5 Å². The van der Waals surface area contributed by atoms with E-state index >= 15 is 0 Å². The van der Waals surface area contributed by atoms with E-state index in [1.54, 1.807) is 7.05 Å². The maximum absolute atomic E-state index is 11.6. The molecule has 0 saturated carbocycles. The number of aryl methyl sites for hydroxylation is 1. The van der Waals surface area contributed by atoms with Gasteiger partial charge in [0, 0.05) is 7.05 Å². The zero-order valence-corrected chi connectivity index (χ0v) is 12.0. The fraction of sp³-hybridized carbons (Fsp3) is 0.429. The molecule has 11 heteroatoms. The van der Waals surface area contributed by atoms with Crippen molar-refractivity contribution in [2.24, 2.45) is 7.05 Å². The van der Waals surface area contributed by atoms with Crippen LogP contribution in [0.25, 0.3) is 0 Å². The van der Waals surface area contributed by atoms with E-state index in [9.17, 15) is 4.79 Å². The Bertz CT molecular complexity index is 539. The molecule has 0 bridgehead atoms. The predicted octanol–water partition coefficient (Wildman–Crippen LogP) is 0.514. The molecular weight excluding hydrogens is 294 g/mol. The van der Waals surface area contributed by atoms with Crippen LogP contribution >= 0.6 is 34.9 Å². The fourth-order valence-electron chi connectivity index (χ4n) is 0.972. The Labute approximate surface area is 115 Å². The number of hydrogen-bond donors (Lipinski definition) is 1. The van der Waals surface area contributed by atoms with Crippen LogP contribution in [0, 0.1) is 0 Å². The van der Waals surface area contributed by atoms with Gasteiger partial charge in [-0.2, -0.15) is 0 Å². The van der Waals surface area contributed by atoms with E-state index in [1.807, 2.05) is 6.26 Å². The van der Waals surface area contributed by atoms with Crippen molar-refractivity contribution in [1.29, 1.82) is 0 Å². The molecule has 0 aliphatic heterocycles. The number of rotatable bonds is 5. The van der Waals surface area contributed by atoms with E-state index in [4.69, 9.17) is 0 Å². The summed E-state index contributed by atoms with van der Waals surface area (Å²) in [4.78, 5) is 11.6. The van der Waals surface area contributed by atoms with E-state index < -0.39 is 0 Å². The number of nitrogens with zero attached hydrogens (tertiary/aromatic N) is 6. The van der Waals surface area contributed by atoms with Gasteiger partial charge >= 0.3 is 0 Å². The van der Waals surface area contributed by atoms with Crippen LogP contribution in [0.15, 0.2) is 9.50 Å². The molecule has 0 spiro atoms. The number of tetrazole rings is 1. The molecule has 2 aromatic heterocycles. The van der Waals surface area contributed by atoms with Crippen LogP contribution < -0.4 is 5.32 Å². The standard InChI is InChI=1S/C7H9N7OS3/c1-14-6(10-12-13-14)17-3-4(15)8-5-9-11-7(16-2)18-5/h3H2,1-2H3,(H,8,9,15). The van der Waals surface area contributed by atoms with Crippen LogP contribution in [-0.4, -0.2) is 48.3 Å². The molecule has 0 radical (unpaired) electrons. The molecule has 0 fully saturated rings. The van der Waals surface area contributed by atoms with Gasteiger partial charge < -0.3 is 0 Å². The fourth-order valence-corrected chi connectivity index (χ4v) is 2.81. The van der Waals surface area contributed by atoms with Crippen LogP contribution in [-0.2, 0) is 11.8 Å². The lowest BCUT2D eigenvalue weighted by Crippen LogP contribution is -2.14. The maximum atomic E-state index is 11.6. The number of aromatic nitrogens is 6. The van der Waals surface area contributed by atoms with Gasteiger partial charge in [-0.1, -0.05) is 34.9 Å². The summed E-state index contributed by atoms with van der Waals surface area (Å²) in [6.45, 7) is 0. The highest BCUT2D eigenvalue weighted by Crippen LogP contribution is 2.23. The average molecular weight is 303 g/mol. The van der Waals surface area contributed by atoms with Crippen molar-refractivity contribution in [1.82, 2.24) is 30.4 Å². The molecule has 18 heavy (non-hydrogen) atoms. The van der Waals surface area contributed by atoms with Gasteiger partial charge in [0.25, 0.3) is 0 Å². The number of thioether (sulfide) groups is 2. The Hall–Kier alpha value is -1.20. The summed E-state index contributed by atoms with van der Waals surface area (Å²) < 4.78 is 2.32. The number of nitrogens with one attached hydrogen (secondary N) is 1. The van der Waals surface area contributed by atoms with Gasteiger partial charge in [0.05, 0.1) is 5.75 Å². The maximum Gasteiger partial charge on any atom is 0.236 e. The second kappa shape index (κ2) is 6.11. The second-order valence-electron chi connectivity index (χ2n) is 3.00. The van der Waals surface area contributed by atoms with Crippen molar-refractivity contribution in [3.63, 3.8) is 0 Å². The highest BCUT2D eigenvalue weighted by Gasteiger charge is 2.10. The average Bonchev–Trinajstić information content (AvgIpc) is 2.96. The third-order valence-electron chi connectivity index (χ3n) is 1.74. The number of hydrogen-bond acceptors (Lipinski definition) is 9. The van der Waals surface area contributed by atoms with E-state index in [1.165, 1.54) is 39.5 Å². The largest absolute Gasteiger partial charge is 0.300 e. The summed E-state index contributed by atoms with van der Waals surface area (Å²) in [6, 6.07) is 0. The van der Waals surface area contributed by atoms with Crippen molar-refractivity contribution in [2.75, 3.05) is 17.3 Å². The smallest absolute Gasteiger partial charge is 0.236 e. The zero-order chi connectivity index (χ0) is 13.0. The monoisotopic (exact) mass is 303 g/mol. The molecule has 1 N–H and O–H groups in total. The molecule has 0 aliphatic carbocycles. The van der Waals surface area contributed by atoms with Gasteiger partial charge in [-0.3, -0.25) is 10.1 Å². The first-order valence-electron chi connectivity index (χ1n) is 4.71. The van der Waals surface area contributed by atoms with Crippen molar-refractivity contribution < 1.29 is 4.79 Å². The number of carbonyl (C=O) groups is 1. The Morgan fingerprint density at radius 2 is 2.28 bits per heavy atom. The zero-order valence-electron chi connectivity index (χ0n) is 9.52. The van der Waals surface area contributed by atoms with Crippen LogP contribution in [0.1, 0.15) is 0 Å². The highest BCUT2D eigenvalue weighted by atomic mass is 32.2. The van der Waals surface area contributed by atoms with Crippen molar-refractivity contribution in [3.05, 3.63) is 0 Å². The van der Waals surface area contributed by atoms with Gasteiger partial charge in [0.1, 0.15) is 0 Å². The van der Waals surface area contributed by atoms with Gasteiger partial charge in [-0.15, -0.1) is 15.3 Å². The van der Waals surface area contributed by atoms with Gasteiger partial charge in [0.2, 0.25) is 16.2 Å². The first kappa shape index (κ1) is 13.2. The molecular formula is C7H9N7OS3. The Kier molecular flexibility index (Phi) is 4.49. The van der Waals surface area contributed by atoms with Gasteiger partial charge in [-0.05, 0) is 16.7 Å². The lowest BCUT2D eigenvalue weighted by Gasteiger charge is -1.99. The molecule has 96 valence electrons. The number of amides is 1. The number of carbonyl (C=O) groups excluding carboxylic acids is 1. The molecule has 0 aliphatic rings. The van der Waals surface area contributed by atoms with Crippen LogP contribution in [0.5, 0.6) is 0 Å². The van der Waals surface area contributed by atoms with Crippen molar-refractivity contribution in [2.45, 2.75) is 9.50 Å². The Balaban J connectivity index is 1.84. The van der Waals surface area contributed by atoms with E-state index in [0.29, 0.717) is 10.3 Å². The molecule has 0 aromatic carbocycles.